The molecular formula is C16H17F3N4O2. The Morgan fingerprint density at radius 3 is 2.72 bits per heavy atom. The molecule has 2 rings (SSSR count). The first-order valence-electron chi connectivity index (χ1n) is 7.30. The van der Waals surface area contributed by atoms with Crippen molar-refractivity contribution in [1.29, 1.82) is 0 Å². The fraction of sp³-hybridized carbons (Fsp3) is 0.312. The lowest BCUT2D eigenvalue weighted by Crippen LogP contribution is -2.24. The van der Waals surface area contributed by atoms with Crippen LogP contribution < -0.4 is 10.2 Å². The summed E-state index contributed by atoms with van der Waals surface area (Å²) in [6, 6.07) is 4.31. The summed E-state index contributed by atoms with van der Waals surface area (Å²) in [7, 11) is 1.79. The molecule has 9 heteroatoms. The second kappa shape index (κ2) is 7.37. The molecule has 1 amide bonds. The van der Waals surface area contributed by atoms with Crippen molar-refractivity contribution < 1.29 is 22.7 Å². The van der Waals surface area contributed by atoms with Crippen LogP contribution in [0.5, 0.6) is 5.75 Å². The first-order chi connectivity index (χ1) is 11.7. The van der Waals surface area contributed by atoms with Crippen LogP contribution in [0.3, 0.4) is 0 Å². The molecule has 0 bridgehead atoms. The van der Waals surface area contributed by atoms with E-state index in [0.717, 1.165) is 29.1 Å². The van der Waals surface area contributed by atoms with Gasteiger partial charge in [0.25, 0.3) is 5.91 Å². The molecule has 0 aliphatic rings. The summed E-state index contributed by atoms with van der Waals surface area (Å²) in [5.74, 6) is -0.638. The topological polar surface area (TPSA) is 68.5 Å². The SMILES string of the molecule is Cc1nn(C)c(C)c1/C=N/NC(=O)COc1cccc(C(F)(F)F)c1. The summed E-state index contributed by atoms with van der Waals surface area (Å²) in [5.41, 5.74) is 3.84. The summed E-state index contributed by atoms with van der Waals surface area (Å²) >= 11 is 0. The van der Waals surface area contributed by atoms with Gasteiger partial charge in [-0.3, -0.25) is 9.48 Å². The first kappa shape index (κ1) is 18.5. The molecule has 0 aliphatic heterocycles. The second-order valence-corrected chi connectivity index (χ2v) is 5.32. The maximum absolute atomic E-state index is 12.6. The number of hydrogen-bond acceptors (Lipinski definition) is 4. The number of halogens is 3. The summed E-state index contributed by atoms with van der Waals surface area (Å²) in [6.07, 6.45) is -3.01. The van der Waals surface area contributed by atoms with Crippen LogP contribution in [0.25, 0.3) is 0 Å². The maximum Gasteiger partial charge on any atom is 0.416 e. The molecule has 1 aromatic heterocycles. The lowest BCUT2D eigenvalue weighted by molar-refractivity contribution is -0.137. The van der Waals surface area contributed by atoms with Crippen LogP contribution in [0.15, 0.2) is 29.4 Å². The van der Waals surface area contributed by atoms with Crippen molar-refractivity contribution in [1.82, 2.24) is 15.2 Å². The highest BCUT2D eigenvalue weighted by Gasteiger charge is 2.30. The van der Waals surface area contributed by atoms with Gasteiger partial charge in [0, 0.05) is 18.3 Å². The van der Waals surface area contributed by atoms with Crippen LogP contribution in [-0.4, -0.2) is 28.5 Å². The summed E-state index contributed by atoms with van der Waals surface area (Å²) < 4.78 is 44.5. The number of alkyl halides is 3. The summed E-state index contributed by atoms with van der Waals surface area (Å²) in [6.45, 7) is 3.22. The van der Waals surface area contributed by atoms with Crippen molar-refractivity contribution in [3.8, 4) is 5.75 Å². The molecule has 25 heavy (non-hydrogen) atoms. The molecule has 0 aliphatic carbocycles. The molecule has 0 fully saturated rings. The number of benzene rings is 1. The molecule has 0 saturated carbocycles. The third kappa shape index (κ3) is 4.82. The van der Waals surface area contributed by atoms with Crippen LogP contribution in [0.2, 0.25) is 0 Å². The number of amides is 1. The number of aromatic nitrogens is 2. The number of aryl methyl sites for hydroxylation is 2. The van der Waals surface area contributed by atoms with Crippen molar-refractivity contribution in [2.45, 2.75) is 20.0 Å². The number of nitrogens with zero attached hydrogens (tertiary/aromatic N) is 3. The van der Waals surface area contributed by atoms with Crippen LogP contribution in [0, 0.1) is 13.8 Å². The predicted molar refractivity (Wildman–Crippen MR) is 85.4 cm³/mol. The molecular weight excluding hydrogens is 337 g/mol. The molecule has 1 heterocycles. The van der Waals surface area contributed by atoms with E-state index < -0.39 is 24.3 Å². The van der Waals surface area contributed by atoms with Gasteiger partial charge in [0.15, 0.2) is 6.61 Å². The highest BCUT2D eigenvalue weighted by atomic mass is 19.4. The Morgan fingerprint density at radius 2 is 2.12 bits per heavy atom. The highest BCUT2D eigenvalue weighted by molar-refractivity contribution is 5.84. The summed E-state index contributed by atoms with van der Waals surface area (Å²) in [4.78, 5) is 11.7. The molecule has 0 unspecified atom stereocenters. The average molecular weight is 354 g/mol. The normalized spacial score (nSPS) is 11.8. The van der Waals surface area contributed by atoms with E-state index in [1.807, 2.05) is 13.8 Å². The van der Waals surface area contributed by atoms with Gasteiger partial charge in [0.2, 0.25) is 0 Å². The minimum Gasteiger partial charge on any atom is -0.484 e. The Hall–Kier alpha value is -2.84. The Kier molecular flexibility index (Phi) is 5.45. The van der Waals surface area contributed by atoms with Gasteiger partial charge in [-0.15, -0.1) is 0 Å². The minimum absolute atomic E-state index is 0.0482. The molecule has 0 atom stereocenters. The number of carbonyl (C=O) groups excluding carboxylic acids is 1. The molecule has 0 spiro atoms. The lowest BCUT2D eigenvalue weighted by atomic mass is 10.2. The average Bonchev–Trinajstić information content (AvgIpc) is 2.78. The Bertz CT molecular complexity index is 797. The standard InChI is InChI=1S/C16H17F3N4O2/c1-10-14(11(2)23(3)22-10)8-20-21-15(24)9-25-13-6-4-5-12(7-13)16(17,18)19/h4-8H,9H2,1-3H3,(H,21,24)/b20-8+. The zero-order chi connectivity index (χ0) is 18.6. The number of ether oxygens (including phenoxy) is 1. The number of hydrazone groups is 1. The number of nitrogens with one attached hydrogen (secondary N) is 1. The zero-order valence-electron chi connectivity index (χ0n) is 13.9. The quantitative estimate of drug-likeness (QED) is 0.663. The van der Waals surface area contributed by atoms with E-state index in [0.29, 0.717) is 0 Å². The molecule has 1 aromatic carbocycles. The van der Waals surface area contributed by atoms with Crippen molar-refractivity contribution in [3.05, 3.63) is 46.8 Å². The van der Waals surface area contributed by atoms with Gasteiger partial charge in [0.1, 0.15) is 5.75 Å². The molecule has 134 valence electrons. The van der Waals surface area contributed by atoms with E-state index in [4.69, 9.17) is 4.74 Å². The third-order valence-electron chi connectivity index (χ3n) is 3.48. The van der Waals surface area contributed by atoms with E-state index in [9.17, 15) is 18.0 Å². The van der Waals surface area contributed by atoms with Gasteiger partial charge in [-0.1, -0.05) is 6.07 Å². The van der Waals surface area contributed by atoms with Gasteiger partial charge in [0.05, 0.1) is 17.5 Å². The van der Waals surface area contributed by atoms with Crippen LogP contribution in [-0.2, 0) is 18.0 Å². The van der Waals surface area contributed by atoms with Gasteiger partial charge in [-0.05, 0) is 32.0 Å². The fourth-order valence-electron chi connectivity index (χ4n) is 2.09. The molecule has 1 N–H and O–H groups in total. The lowest BCUT2D eigenvalue weighted by Gasteiger charge is -2.09. The van der Waals surface area contributed by atoms with Gasteiger partial charge >= 0.3 is 6.18 Å². The van der Waals surface area contributed by atoms with Gasteiger partial charge in [-0.25, -0.2) is 5.43 Å². The van der Waals surface area contributed by atoms with Gasteiger partial charge < -0.3 is 4.74 Å². The monoisotopic (exact) mass is 354 g/mol. The third-order valence-corrected chi connectivity index (χ3v) is 3.48. The predicted octanol–water partition coefficient (Wildman–Crippen LogP) is 2.58. The zero-order valence-corrected chi connectivity index (χ0v) is 13.9. The van der Waals surface area contributed by atoms with E-state index in [1.165, 1.54) is 18.3 Å². The van der Waals surface area contributed by atoms with Crippen molar-refractivity contribution in [3.63, 3.8) is 0 Å². The molecule has 2 aromatic rings. The Labute approximate surface area is 142 Å². The fourth-order valence-corrected chi connectivity index (χ4v) is 2.09. The Balaban J connectivity index is 1.90. The Morgan fingerprint density at radius 1 is 1.40 bits per heavy atom. The molecule has 6 nitrogen and oxygen atoms in total. The van der Waals surface area contributed by atoms with Crippen LogP contribution in [0.4, 0.5) is 13.2 Å². The molecule has 0 saturated heterocycles. The van der Waals surface area contributed by atoms with Gasteiger partial charge in [-0.2, -0.15) is 23.4 Å². The number of hydrogen-bond donors (Lipinski definition) is 1. The number of carbonyl (C=O) groups is 1. The van der Waals surface area contributed by atoms with Crippen molar-refractivity contribution in [2.24, 2.45) is 12.1 Å². The van der Waals surface area contributed by atoms with Crippen molar-refractivity contribution >= 4 is 12.1 Å². The van der Waals surface area contributed by atoms with Crippen LogP contribution >= 0.6 is 0 Å². The maximum atomic E-state index is 12.6. The van der Waals surface area contributed by atoms with E-state index in [1.54, 1.807) is 11.7 Å². The minimum atomic E-state index is -4.47. The highest BCUT2D eigenvalue weighted by Crippen LogP contribution is 2.31. The smallest absolute Gasteiger partial charge is 0.416 e. The second-order valence-electron chi connectivity index (χ2n) is 5.32. The molecule has 0 radical (unpaired) electrons. The van der Waals surface area contributed by atoms with E-state index in [-0.39, 0.29) is 5.75 Å². The van der Waals surface area contributed by atoms with Crippen molar-refractivity contribution in [2.75, 3.05) is 6.61 Å². The largest absolute Gasteiger partial charge is 0.484 e. The van der Waals surface area contributed by atoms with E-state index in [2.05, 4.69) is 15.6 Å². The summed E-state index contributed by atoms with van der Waals surface area (Å²) in [5, 5.41) is 8.02. The van der Waals surface area contributed by atoms with Crippen LogP contribution in [0.1, 0.15) is 22.5 Å². The first-order valence-corrected chi connectivity index (χ1v) is 7.30. The van der Waals surface area contributed by atoms with E-state index >= 15 is 0 Å². The number of rotatable bonds is 5.